The van der Waals surface area contributed by atoms with E-state index in [1.54, 1.807) is 22.7 Å². The van der Waals surface area contributed by atoms with E-state index in [1.165, 1.54) is 4.88 Å². The van der Waals surface area contributed by atoms with Gasteiger partial charge in [-0.05, 0) is 24.8 Å². The molecule has 1 amide bonds. The Hall–Kier alpha value is -1.29. The van der Waals surface area contributed by atoms with Crippen molar-refractivity contribution in [3.63, 3.8) is 0 Å². The third kappa shape index (κ3) is 5.34. The molecule has 6 nitrogen and oxygen atoms in total. The van der Waals surface area contributed by atoms with Crippen LogP contribution in [-0.4, -0.2) is 43.4 Å². The zero-order chi connectivity index (χ0) is 17.9. The predicted molar refractivity (Wildman–Crippen MR) is 101 cm³/mol. The first-order chi connectivity index (χ1) is 11.9. The third-order valence-corrected chi connectivity index (χ3v) is 7.78. The van der Waals surface area contributed by atoms with Crippen LogP contribution in [0.5, 0.6) is 0 Å². The Labute approximate surface area is 155 Å². The van der Waals surface area contributed by atoms with Crippen molar-refractivity contribution in [3.05, 3.63) is 38.5 Å². The highest BCUT2D eigenvalue weighted by Crippen LogP contribution is 2.24. The van der Waals surface area contributed by atoms with Crippen molar-refractivity contribution < 1.29 is 13.2 Å². The predicted octanol–water partition coefficient (Wildman–Crippen LogP) is 1.69. The Balaban J connectivity index is 1.58. The molecule has 0 aliphatic carbocycles. The molecule has 3 heterocycles. The van der Waals surface area contributed by atoms with Crippen LogP contribution in [0.25, 0.3) is 0 Å². The van der Waals surface area contributed by atoms with Gasteiger partial charge in [0, 0.05) is 28.4 Å². The number of rotatable bonds is 7. The van der Waals surface area contributed by atoms with E-state index in [1.807, 2.05) is 29.8 Å². The minimum Gasteiger partial charge on any atom is -0.345 e. The van der Waals surface area contributed by atoms with Crippen LogP contribution >= 0.6 is 22.7 Å². The molecule has 9 heteroatoms. The normalized spacial score (nSPS) is 20.4. The summed E-state index contributed by atoms with van der Waals surface area (Å²) >= 11 is 3.20. The maximum absolute atomic E-state index is 12.3. The van der Waals surface area contributed by atoms with E-state index in [9.17, 15) is 13.2 Å². The molecule has 2 atom stereocenters. The molecule has 2 aromatic rings. The molecule has 0 spiro atoms. The Morgan fingerprint density at radius 2 is 2.28 bits per heavy atom. The van der Waals surface area contributed by atoms with E-state index >= 15 is 0 Å². The van der Waals surface area contributed by atoms with Gasteiger partial charge in [0.05, 0.1) is 24.1 Å². The lowest BCUT2D eigenvalue weighted by Crippen LogP contribution is -2.41. The van der Waals surface area contributed by atoms with Gasteiger partial charge in [-0.15, -0.1) is 22.7 Å². The average molecular weight is 400 g/mol. The highest BCUT2D eigenvalue weighted by Gasteiger charge is 2.28. The minimum absolute atomic E-state index is 0.116. The zero-order valence-electron chi connectivity index (χ0n) is 13.9. The van der Waals surface area contributed by atoms with Gasteiger partial charge in [-0.2, -0.15) is 0 Å². The zero-order valence-corrected chi connectivity index (χ0v) is 16.3. The monoisotopic (exact) mass is 399 g/mol. The maximum atomic E-state index is 12.3. The summed E-state index contributed by atoms with van der Waals surface area (Å²) in [6.07, 6.45) is 1.27. The number of thiophene rings is 1. The van der Waals surface area contributed by atoms with Gasteiger partial charge >= 0.3 is 0 Å². The number of nitrogens with zero attached hydrogens (tertiary/aromatic N) is 1. The molecule has 0 bridgehead atoms. The summed E-state index contributed by atoms with van der Waals surface area (Å²) in [7, 11) is -2.94. The molecule has 136 valence electrons. The van der Waals surface area contributed by atoms with Crippen molar-refractivity contribution in [2.24, 2.45) is 0 Å². The summed E-state index contributed by atoms with van der Waals surface area (Å²) in [6, 6.07) is 3.74. The van der Waals surface area contributed by atoms with E-state index in [-0.39, 0.29) is 36.0 Å². The standard InChI is InChI=1S/C16H21N3O3S3/c1-11-9-24-16(18-11)14(7-13-3-2-5-23-13)19-15(20)8-17-12-4-6-25(21,22)10-12/h2-3,5,9,12,14,17H,4,6-8,10H2,1H3,(H,19,20). The van der Waals surface area contributed by atoms with Crippen LogP contribution in [0.1, 0.15) is 28.0 Å². The first kappa shape index (κ1) is 18.5. The van der Waals surface area contributed by atoms with Crippen molar-refractivity contribution in [1.29, 1.82) is 0 Å². The summed E-state index contributed by atoms with van der Waals surface area (Å²) in [5.41, 5.74) is 0.944. The number of hydrogen-bond donors (Lipinski definition) is 2. The molecular formula is C16H21N3O3S3. The largest absolute Gasteiger partial charge is 0.345 e. The van der Waals surface area contributed by atoms with E-state index in [2.05, 4.69) is 15.6 Å². The highest BCUT2D eigenvalue weighted by atomic mass is 32.2. The van der Waals surface area contributed by atoms with E-state index < -0.39 is 9.84 Å². The van der Waals surface area contributed by atoms with Crippen molar-refractivity contribution in [2.45, 2.75) is 31.8 Å². The lowest BCUT2D eigenvalue weighted by Gasteiger charge is -2.17. The van der Waals surface area contributed by atoms with Gasteiger partial charge in [0.1, 0.15) is 5.01 Å². The minimum atomic E-state index is -2.94. The van der Waals surface area contributed by atoms with Gasteiger partial charge in [-0.1, -0.05) is 6.07 Å². The van der Waals surface area contributed by atoms with E-state index in [0.717, 1.165) is 10.7 Å². The Bertz CT molecular complexity index is 815. The second-order valence-corrected chi connectivity index (χ2v) is 10.4. The smallest absolute Gasteiger partial charge is 0.234 e. The van der Waals surface area contributed by atoms with Crippen molar-refractivity contribution in [3.8, 4) is 0 Å². The molecule has 3 rings (SSSR count). The number of amides is 1. The van der Waals surface area contributed by atoms with E-state index in [0.29, 0.717) is 12.8 Å². The number of aromatic nitrogens is 1. The summed E-state index contributed by atoms with van der Waals surface area (Å²) in [6.45, 7) is 2.05. The molecule has 1 aliphatic heterocycles. The second kappa shape index (κ2) is 7.94. The van der Waals surface area contributed by atoms with Gasteiger partial charge in [0.15, 0.2) is 9.84 Å². The topological polar surface area (TPSA) is 88.2 Å². The van der Waals surface area contributed by atoms with Crippen LogP contribution in [0.2, 0.25) is 0 Å². The van der Waals surface area contributed by atoms with Crippen LogP contribution in [0.4, 0.5) is 0 Å². The molecule has 2 aromatic heterocycles. The fourth-order valence-corrected chi connectivity index (χ4v) is 6.11. The number of sulfone groups is 1. The number of thiazole rings is 1. The van der Waals surface area contributed by atoms with Crippen LogP contribution < -0.4 is 10.6 Å². The molecule has 0 saturated carbocycles. The Kier molecular flexibility index (Phi) is 5.88. The first-order valence-electron chi connectivity index (χ1n) is 8.09. The summed E-state index contributed by atoms with van der Waals surface area (Å²) < 4.78 is 23.0. The molecule has 2 unspecified atom stereocenters. The van der Waals surface area contributed by atoms with Gasteiger partial charge in [0.2, 0.25) is 5.91 Å². The molecule has 0 radical (unpaired) electrons. The number of hydrogen-bond acceptors (Lipinski definition) is 7. The van der Waals surface area contributed by atoms with Crippen molar-refractivity contribution >= 4 is 38.4 Å². The van der Waals surface area contributed by atoms with Crippen LogP contribution in [0.3, 0.4) is 0 Å². The Morgan fingerprint density at radius 1 is 1.44 bits per heavy atom. The molecule has 1 saturated heterocycles. The molecule has 1 aliphatic rings. The fraction of sp³-hybridized carbons (Fsp3) is 0.500. The quantitative estimate of drug-likeness (QED) is 0.740. The van der Waals surface area contributed by atoms with Gasteiger partial charge < -0.3 is 10.6 Å². The van der Waals surface area contributed by atoms with Gasteiger partial charge in [0.25, 0.3) is 0 Å². The molecule has 25 heavy (non-hydrogen) atoms. The number of carbonyl (C=O) groups excluding carboxylic acids is 1. The average Bonchev–Trinajstić information content (AvgIpc) is 3.26. The Morgan fingerprint density at radius 3 is 2.88 bits per heavy atom. The molecule has 0 aromatic carbocycles. The van der Waals surface area contributed by atoms with Crippen LogP contribution in [-0.2, 0) is 21.1 Å². The summed E-state index contributed by atoms with van der Waals surface area (Å²) in [4.78, 5) is 18.0. The first-order valence-corrected chi connectivity index (χ1v) is 11.7. The second-order valence-electron chi connectivity index (χ2n) is 6.21. The van der Waals surface area contributed by atoms with Crippen molar-refractivity contribution in [2.75, 3.05) is 18.1 Å². The summed E-state index contributed by atoms with van der Waals surface area (Å²) in [5, 5.41) is 11.0. The summed E-state index contributed by atoms with van der Waals surface area (Å²) in [5.74, 6) is 0.176. The number of aryl methyl sites for hydroxylation is 1. The fourth-order valence-electron chi connectivity index (χ4n) is 2.80. The van der Waals surface area contributed by atoms with Crippen LogP contribution in [0, 0.1) is 6.92 Å². The third-order valence-electron chi connectivity index (χ3n) is 4.04. The number of nitrogens with one attached hydrogen (secondary N) is 2. The molecular weight excluding hydrogens is 378 g/mol. The van der Waals surface area contributed by atoms with Crippen LogP contribution in [0.15, 0.2) is 22.9 Å². The highest BCUT2D eigenvalue weighted by molar-refractivity contribution is 7.91. The lowest BCUT2D eigenvalue weighted by molar-refractivity contribution is -0.121. The SMILES string of the molecule is Cc1csc(C(Cc2cccs2)NC(=O)CNC2CCS(=O)(=O)C2)n1. The maximum Gasteiger partial charge on any atom is 0.234 e. The van der Waals surface area contributed by atoms with Gasteiger partial charge in [-0.3, -0.25) is 4.79 Å². The van der Waals surface area contributed by atoms with Gasteiger partial charge in [-0.25, -0.2) is 13.4 Å². The van der Waals surface area contributed by atoms with Crippen molar-refractivity contribution in [1.82, 2.24) is 15.6 Å². The number of carbonyl (C=O) groups is 1. The van der Waals surface area contributed by atoms with E-state index in [4.69, 9.17) is 0 Å². The molecule has 1 fully saturated rings. The molecule has 2 N–H and O–H groups in total. The lowest BCUT2D eigenvalue weighted by atomic mass is 10.2.